The molecule has 96 valence electrons. The third-order valence-corrected chi connectivity index (χ3v) is 2.74. The molecule has 0 amide bonds. The van der Waals surface area contributed by atoms with Gasteiger partial charge in [0.2, 0.25) is 0 Å². The van der Waals surface area contributed by atoms with Crippen LogP contribution in [-0.4, -0.2) is 39.2 Å². The average molecular weight is 247 g/mol. The van der Waals surface area contributed by atoms with Crippen LogP contribution in [0.25, 0.3) is 11.1 Å². The van der Waals surface area contributed by atoms with Crippen molar-refractivity contribution in [3.63, 3.8) is 0 Å². The fraction of sp³-hybridized carbons (Fsp3) is 0.308. The molecule has 0 aliphatic heterocycles. The maximum absolute atomic E-state index is 9.37. The Bertz CT molecular complexity index is 496. The van der Waals surface area contributed by atoms with Crippen LogP contribution in [-0.2, 0) is 7.05 Å². The van der Waals surface area contributed by atoms with Gasteiger partial charge in [-0.15, -0.1) is 0 Å². The van der Waals surface area contributed by atoms with Gasteiger partial charge in [0.15, 0.2) is 0 Å². The quantitative estimate of drug-likeness (QED) is 0.732. The van der Waals surface area contributed by atoms with Crippen molar-refractivity contribution in [2.45, 2.75) is 6.10 Å². The van der Waals surface area contributed by atoms with Gasteiger partial charge in [0.25, 0.3) is 0 Å². The lowest BCUT2D eigenvalue weighted by Gasteiger charge is -2.12. The molecule has 5 heteroatoms. The van der Waals surface area contributed by atoms with Gasteiger partial charge in [-0.1, -0.05) is 30.3 Å². The molecule has 5 nitrogen and oxygen atoms in total. The number of aliphatic hydroxyl groups excluding tert-OH is 2. The van der Waals surface area contributed by atoms with Crippen LogP contribution in [0, 0.1) is 0 Å². The second-order valence-electron chi connectivity index (χ2n) is 4.11. The summed E-state index contributed by atoms with van der Waals surface area (Å²) in [5.41, 5.74) is 2.04. The first-order chi connectivity index (χ1) is 8.72. The first-order valence-electron chi connectivity index (χ1n) is 5.82. The third-order valence-electron chi connectivity index (χ3n) is 2.74. The van der Waals surface area contributed by atoms with E-state index >= 15 is 0 Å². The van der Waals surface area contributed by atoms with Crippen LogP contribution in [0.4, 0.5) is 5.82 Å². The van der Waals surface area contributed by atoms with Gasteiger partial charge in [-0.25, -0.2) is 0 Å². The number of nitrogens with one attached hydrogen (secondary N) is 1. The van der Waals surface area contributed by atoms with E-state index < -0.39 is 6.10 Å². The maximum Gasteiger partial charge on any atom is 0.131 e. The van der Waals surface area contributed by atoms with Crippen LogP contribution in [0.1, 0.15) is 0 Å². The van der Waals surface area contributed by atoms with Gasteiger partial charge in [0.05, 0.1) is 18.9 Å². The summed E-state index contributed by atoms with van der Waals surface area (Å²) in [6, 6.07) is 9.90. The Morgan fingerprint density at radius 3 is 2.72 bits per heavy atom. The molecule has 0 fully saturated rings. The van der Waals surface area contributed by atoms with Gasteiger partial charge in [0, 0.05) is 19.2 Å². The van der Waals surface area contributed by atoms with E-state index in [0.717, 1.165) is 16.9 Å². The molecule has 0 spiro atoms. The highest BCUT2D eigenvalue weighted by Gasteiger charge is 2.11. The summed E-state index contributed by atoms with van der Waals surface area (Å²) in [5, 5.41) is 25.5. The minimum Gasteiger partial charge on any atom is -0.394 e. The number of hydrogen-bond acceptors (Lipinski definition) is 4. The zero-order chi connectivity index (χ0) is 13.0. The Kier molecular flexibility index (Phi) is 3.96. The number of rotatable bonds is 5. The Hall–Kier alpha value is -1.85. The first-order valence-corrected chi connectivity index (χ1v) is 5.82. The Balaban J connectivity index is 2.22. The highest BCUT2D eigenvalue weighted by Crippen LogP contribution is 2.26. The van der Waals surface area contributed by atoms with Gasteiger partial charge >= 0.3 is 0 Å². The highest BCUT2D eigenvalue weighted by atomic mass is 16.3. The smallest absolute Gasteiger partial charge is 0.131 e. The number of nitrogens with zero attached hydrogens (tertiary/aromatic N) is 2. The van der Waals surface area contributed by atoms with E-state index in [1.807, 2.05) is 37.4 Å². The summed E-state index contributed by atoms with van der Waals surface area (Å²) in [6.45, 7) is 0.0292. The van der Waals surface area contributed by atoms with Crippen LogP contribution < -0.4 is 5.32 Å². The summed E-state index contributed by atoms with van der Waals surface area (Å²) in [6.07, 6.45) is 1.01. The zero-order valence-electron chi connectivity index (χ0n) is 10.2. The summed E-state index contributed by atoms with van der Waals surface area (Å²) >= 11 is 0. The van der Waals surface area contributed by atoms with E-state index in [0.29, 0.717) is 0 Å². The van der Waals surface area contributed by atoms with Crippen molar-refractivity contribution in [1.29, 1.82) is 0 Å². The molecule has 1 heterocycles. The van der Waals surface area contributed by atoms with Crippen molar-refractivity contribution in [3.8, 4) is 11.1 Å². The molecule has 0 aliphatic rings. The predicted molar refractivity (Wildman–Crippen MR) is 70.2 cm³/mol. The van der Waals surface area contributed by atoms with Crippen molar-refractivity contribution in [2.75, 3.05) is 18.5 Å². The van der Waals surface area contributed by atoms with E-state index in [4.69, 9.17) is 5.11 Å². The fourth-order valence-corrected chi connectivity index (χ4v) is 1.76. The van der Waals surface area contributed by atoms with E-state index in [1.54, 1.807) is 10.9 Å². The van der Waals surface area contributed by atoms with E-state index in [-0.39, 0.29) is 13.2 Å². The predicted octanol–water partition coefficient (Wildman–Crippen LogP) is 0.852. The first kappa shape index (κ1) is 12.6. The minimum atomic E-state index is -0.775. The van der Waals surface area contributed by atoms with Gasteiger partial charge in [0.1, 0.15) is 5.82 Å². The van der Waals surface area contributed by atoms with E-state index in [2.05, 4.69) is 10.4 Å². The molecule has 1 aromatic heterocycles. The number of aliphatic hydroxyl groups is 2. The molecule has 1 aromatic carbocycles. The Morgan fingerprint density at radius 1 is 1.33 bits per heavy atom. The Morgan fingerprint density at radius 2 is 2.06 bits per heavy atom. The van der Waals surface area contributed by atoms with E-state index in [1.165, 1.54) is 0 Å². The minimum absolute atomic E-state index is 0.258. The Labute approximate surface area is 106 Å². The number of anilines is 1. The standard InChI is InChI=1S/C13H17N3O2/c1-16-13(14-7-11(18)9-17)12(8-15-16)10-5-3-2-4-6-10/h2-6,8,11,14,17-18H,7,9H2,1H3. The van der Waals surface area contributed by atoms with Crippen LogP contribution in [0.15, 0.2) is 36.5 Å². The van der Waals surface area contributed by atoms with Crippen molar-refractivity contribution in [2.24, 2.45) is 7.05 Å². The van der Waals surface area contributed by atoms with Crippen LogP contribution in [0.3, 0.4) is 0 Å². The van der Waals surface area contributed by atoms with Crippen LogP contribution in [0.5, 0.6) is 0 Å². The lowest BCUT2D eigenvalue weighted by molar-refractivity contribution is 0.105. The van der Waals surface area contributed by atoms with Crippen molar-refractivity contribution < 1.29 is 10.2 Å². The molecule has 1 unspecified atom stereocenters. The third kappa shape index (κ3) is 2.69. The molecule has 18 heavy (non-hydrogen) atoms. The number of hydrogen-bond donors (Lipinski definition) is 3. The normalized spacial score (nSPS) is 12.4. The molecule has 0 saturated carbocycles. The lowest BCUT2D eigenvalue weighted by atomic mass is 10.1. The zero-order valence-corrected chi connectivity index (χ0v) is 10.2. The molecule has 3 N–H and O–H groups in total. The molecular formula is C13H17N3O2. The molecule has 0 aliphatic carbocycles. The fourth-order valence-electron chi connectivity index (χ4n) is 1.76. The molecule has 0 radical (unpaired) electrons. The topological polar surface area (TPSA) is 70.3 Å². The average Bonchev–Trinajstić information content (AvgIpc) is 2.78. The maximum atomic E-state index is 9.37. The summed E-state index contributed by atoms with van der Waals surface area (Å²) < 4.78 is 1.71. The number of aromatic nitrogens is 2. The van der Waals surface area contributed by atoms with Gasteiger partial charge in [-0.05, 0) is 5.56 Å². The monoisotopic (exact) mass is 247 g/mol. The molecule has 0 saturated heterocycles. The highest BCUT2D eigenvalue weighted by molar-refractivity contribution is 5.74. The number of aryl methyl sites for hydroxylation is 1. The molecule has 2 rings (SSSR count). The lowest BCUT2D eigenvalue weighted by Crippen LogP contribution is -2.24. The van der Waals surface area contributed by atoms with Gasteiger partial charge < -0.3 is 15.5 Å². The molecule has 2 aromatic rings. The molecular weight excluding hydrogens is 230 g/mol. The van der Waals surface area contributed by atoms with Crippen molar-refractivity contribution >= 4 is 5.82 Å². The van der Waals surface area contributed by atoms with Gasteiger partial charge in [-0.2, -0.15) is 5.10 Å². The van der Waals surface area contributed by atoms with Crippen molar-refractivity contribution in [1.82, 2.24) is 9.78 Å². The summed E-state index contributed by atoms with van der Waals surface area (Å²) in [4.78, 5) is 0. The van der Waals surface area contributed by atoms with Crippen LogP contribution >= 0.6 is 0 Å². The van der Waals surface area contributed by atoms with Gasteiger partial charge in [-0.3, -0.25) is 4.68 Å². The SMILES string of the molecule is Cn1ncc(-c2ccccc2)c1NCC(O)CO. The molecule has 1 atom stereocenters. The molecule has 0 bridgehead atoms. The van der Waals surface area contributed by atoms with E-state index in [9.17, 15) is 5.11 Å². The largest absolute Gasteiger partial charge is 0.394 e. The second kappa shape index (κ2) is 5.66. The van der Waals surface area contributed by atoms with Crippen molar-refractivity contribution in [3.05, 3.63) is 36.5 Å². The second-order valence-corrected chi connectivity index (χ2v) is 4.11. The summed E-state index contributed by atoms with van der Waals surface area (Å²) in [5.74, 6) is 0.828. The van der Waals surface area contributed by atoms with Crippen LogP contribution in [0.2, 0.25) is 0 Å². The number of benzene rings is 1. The summed E-state index contributed by atoms with van der Waals surface area (Å²) in [7, 11) is 1.83.